The van der Waals surface area contributed by atoms with E-state index < -0.39 is 25.9 Å². The van der Waals surface area contributed by atoms with E-state index in [0.29, 0.717) is 28.9 Å². The Morgan fingerprint density at radius 1 is 0.750 bits per heavy atom. The first kappa shape index (κ1) is 30.2. The molecule has 1 aromatic heterocycles. The topological polar surface area (TPSA) is 61.8 Å². The van der Waals surface area contributed by atoms with Crippen LogP contribution in [-0.4, -0.2) is 27.1 Å². The standard InChI is InChI=1S/C29H31F3O5S3/c1-3-5-19-35-23-11-15-25(16-12-23)39(37-40(33,34)29(30,31)32,28-21-22-9-7-8-10-27(22)38-28)26-17-13-24(14-18-26)36-20-6-4-2/h7-18,21H,3-6,19-20H2,1-2H3. The number of benzene rings is 3. The van der Waals surface area contributed by atoms with Crippen molar-refractivity contribution in [1.82, 2.24) is 0 Å². The summed E-state index contributed by atoms with van der Waals surface area (Å²) in [7, 11) is -9.43. The van der Waals surface area contributed by atoms with Crippen LogP contribution in [0.4, 0.5) is 13.2 Å². The smallest absolute Gasteiger partial charge is 0.494 e. The van der Waals surface area contributed by atoms with Crippen LogP contribution in [0.3, 0.4) is 0 Å². The van der Waals surface area contributed by atoms with E-state index in [1.807, 2.05) is 38.1 Å². The maximum Gasteiger partial charge on any atom is 0.524 e. The van der Waals surface area contributed by atoms with Crippen LogP contribution in [0.25, 0.3) is 10.1 Å². The highest BCUT2D eigenvalue weighted by molar-refractivity contribution is 8.34. The first-order valence-electron chi connectivity index (χ1n) is 12.9. The number of hydrogen-bond acceptors (Lipinski definition) is 6. The molecule has 1 heterocycles. The molecule has 0 radical (unpaired) electrons. The predicted molar refractivity (Wildman–Crippen MR) is 154 cm³/mol. The average Bonchev–Trinajstić information content (AvgIpc) is 3.37. The third-order valence-corrected chi connectivity index (χ3v) is 12.5. The van der Waals surface area contributed by atoms with Gasteiger partial charge in [0.15, 0.2) is 0 Å². The van der Waals surface area contributed by atoms with Crippen molar-refractivity contribution in [3.63, 3.8) is 0 Å². The average molecular weight is 613 g/mol. The van der Waals surface area contributed by atoms with Gasteiger partial charge in [0.1, 0.15) is 11.5 Å². The van der Waals surface area contributed by atoms with Gasteiger partial charge in [-0.1, -0.05) is 44.9 Å². The lowest BCUT2D eigenvalue weighted by atomic mass is 10.3. The van der Waals surface area contributed by atoms with Crippen LogP contribution in [0.5, 0.6) is 11.5 Å². The number of alkyl halides is 3. The van der Waals surface area contributed by atoms with Gasteiger partial charge in [0.2, 0.25) is 0 Å². The van der Waals surface area contributed by atoms with Crippen LogP contribution >= 0.6 is 21.6 Å². The van der Waals surface area contributed by atoms with Gasteiger partial charge in [-0.2, -0.15) is 25.2 Å². The van der Waals surface area contributed by atoms with Crippen molar-refractivity contribution in [2.45, 2.75) is 59.0 Å². The lowest BCUT2D eigenvalue weighted by Crippen LogP contribution is -2.27. The van der Waals surface area contributed by atoms with Crippen LogP contribution in [0.1, 0.15) is 39.5 Å². The van der Waals surface area contributed by atoms with E-state index in [9.17, 15) is 21.6 Å². The number of ether oxygens (including phenoxy) is 2. The van der Waals surface area contributed by atoms with Gasteiger partial charge in [0, 0.05) is 14.5 Å². The fraction of sp³-hybridized carbons (Fsp3) is 0.310. The molecule has 40 heavy (non-hydrogen) atoms. The van der Waals surface area contributed by atoms with Crippen molar-refractivity contribution in [1.29, 1.82) is 0 Å². The molecular formula is C29H31F3O5S3. The third-order valence-electron chi connectivity index (χ3n) is 6.01. The molecule has 3 aromatic carbocycles. The zero-order valence-corrected chi connectivity index (χ0v) is 24.6. The van der Waals surface area contributed by atoms with Crippen molar-refractivity contribution in [3.05, 3.63) is 78.9 Å². The highest BCUT2D eigenvalue weighted by Crippen LogP contribution is 2.72. The molecule has 0 amide bonds. The molecule has 0 saturated heterocycles. The van der Waals surface area contributed by atoms with Gasteiger partial charge < -0.3 is 9.47 Å². The molecule has 0 aliphatic carbocycles. The van der Waals surface area contributed by atoms with Crippen LogP contribution in [0.2, 0.25) is 0 Å². The summed E-state index contributed by atoms with van der Waals surface area (Å²) in [4.78, 5) is 0.573. The minimum atomic E-state index is -6.01. The number of rotatable bonds is 13. The zero-order chi connectivity index (χ0) is 28.8. The summed E-state index contributed by atoms with van der Waals surface area (Å²) < 4.78 is 85.1. The minimum absolute atomic E-state index is 0.286. The Balaban J connectivity index is 1.92. The minimum Gasteiger partial charge on any atom is -0.494 e. The van der Waals surface area contributed by atoms with Gasteiger partial charge in [-0.25, -0.2) is 0 Å². The first-order chi connectivity index (χ1) is 19.1. The summed E-state index contributed by atoms with van der Waals surface area (Å²) in [6.45, 7) is 5.05. The molecule has 4 aromatic rings. The number of thiophene rings is 1. The molecule has 11 heteroatoms. The molecule has 5 nitrogen and oxygen atoms in total. The summed E-state index contributed by atoms with van der Waals surface area (Å²) in [6.07, 6.45) is 3.58. The van der Waals surface area contributed by atoms with E-state index >= 15 is 0 Å². The third kappa shape index (κ3) is 6.59. The maximum atomic E-state index is 13.9. The summed E-state index contributed by atoms with van der Waals surface area (Å²) in [6, 6.07) is 21.8. The van der Waals surface area contributed by atoms with E-state index in [1.165, 1.54) is 11.3 Å². The quantitative estimate of drug-likeness (QED) is 0.111. The van der Waals surface area contributed by atoms with Gasteiger partial charge in [-0.05, 0) is 89.2 Å². The van der Waals surface area contributed by atoms with Gasteiger partial charge in [-0.3, -0.25) is 0 Å². The maximum absolute atomic E-state index is 13.9. The Labute approximate surface area is 238 Å². The fourth-order valence-corrected chi connectivity index (χ4v) is 10.6. The second kappa shape index (κ2) is 12.8. The van der Waals surface area contributed by atoms with Gasteiger partial charge in [0.05, 0.1) is 17.4 Å². The Bertz CT molecular complexity index is 1410. The highest BCUT2D eigenvalue weighted by atomic mass is 32.3. The molecule has 0 saturated carbocycles. The monoisotopic (exact) mass is 612 g/mol. The molecule has 4 rings (SSSR count). The normalized spacial score (nSPS) is 12.9. The number of fused-ring (bicyclic) bond motifs is 1. The molecule has 0 bridgehead atoms. The van der Waals surface area contributed by atoms with Gasteiger partial charge >= 0.3 is 15.6 Å². The SMILES string of the molecule is CCCCOc1ccc(S(OS(=O)(=O)C(F)(F)F)(c2ccc(OCCCC)cc2)c2cc3ccccc3s2)cc1. The van der Waals surface area contributed by atoms with E-state index in [-0.39, 0.29) is 9.79 Å². The van der Waals surface area contributed by atoms with Crippen molar-refractivity contribution >= 4 is 41.9 Å². The van der Waals surface area contributed by atoms with Crippen molar-refractivity contribution in [2.75, 3.05) is 13.2 Å². The molecule has 216 valence electrons. The molecule has 0 fully saturated rings. The summed E-state index contributed by atoms with van der Waals surface area (Å²) in [5.74, 6) is 1.06. The van der Waals surface area contributed by atoms with Gasteiger partial charge in [0.25, 0.3) is 0 Å². The van der Waals surface area contributed by atoms with E-state index in [4.69, 9.17) is 13.1 Å². The molecule has 0 atom stereocenters. The molecule has 0 spiro atoms. The van der Waals surface area contributed by atoms with Crippen molar-refractivity contribution < 1.29 is 34.7 Å². The van der Waals surface area contributed by atoms with Crippen molar-refractivity contribution in [3.8, 4) is 11.5 Å². The number of unbranched alkanes of at least 4 members (excludes halogenated alkanes) is 2. The van der Waals surface area contributed by atoms with Crippen LogP contribution in [0.15, 0.2) is 92.9 Å². The summed E-state index contributed by atoms with van der Waals surface area (Å²) in [5.41, 5.74) is -5.62. The van der Waals surface area contributed by atoms with Crippen LogP contribution in [-0.2, 0) is 13.7 Å². The molecule has 0 aliphatic heterocycles. The van der Waals surface area contributed by atoms with E-state index in [0.717, 1.165) is 35.8 Å². The highest BCUT2D eigenvalue weighted by Gasteiger charge is 2.53. The second-order valence-corrected chi connectivity index (χ2v) is 14.7. The van der Waals surface area contributed by atoms with Crippen molar-refractivity contribution in [2.24, 2.45) is 0 Å². The molecular weight excluding hydrogens is 582 g/mol. The summed E-state index contributed by atoms with van der Waals surface area (Å²) >= 11 is 1.21. The fourth-order valence-electron chi connectivity index (χ4n) is 3.88. The Morgan fingerprint density at radius 3 is 1.70 bits per heavy atom. The van der Waals surface area contributed by atoms with E-state index in [1.54, 1.807) is 54.6 Å². The summed E-state index contributed by atoms with van der Waals surface area (Å²) in [5, 5.41) is 0.770. The molecule has 0 unspecified atom stereocenters. The zero-order valence-electron chi connectivity index (χ0n) is 22.1. The lowest BCUT2D eigenvalue weighted by molar-refractivity contribution is -0.0496. The molecule has 0 aliphatic rings. The predicted octanol–water partition coefficient (Wildman–Crippen LogP) is 9.32. The second-order valence-electron chi connectivity index (χ2n) is 8.97. The first-order valence-corrected chi connectivity index (χ1v) is 16.7. The lowest BCUT2D eigenvalue weighted by Gasteiger charge is -2.38. The van der Waals surface area contributed by atoms with Crippen LogP contribution < -0.4 is 9.47 Å². The van der Waals surface area contributed by atoms with Crippen LogP contribution in [0, 0.1) is 0 Å². The number of halogens is 3. The Morgan fingerprint density at radius 2 is 1.25 bits per heavy atom. The van der Waals surface area contributed by atoms with Gasteiger partial charge in [-0.15, -0.1) is 11.3 Å². The Hall–Kier alpha value is -2.73. The molecule has 0 N–H and O–H groups in total. The Kier molecular flexibility index (Phi) is 9.71. The van der Waals surface area contributed by atoms with E-state index in [2.05, 4.69) is 0 Å². The largest absolute Gasteiger partial charge is 0.524 e. The number of hydrogen-bond donors (Lipinski definition) is 0.